The van der Waals surface area contributed by atoms with Crippen LogP contribution in [0.2, 0.25) is 0 Å². The number of pyridine rings is 1. The minimum atomic E-state index is -1.21. The lowest BCUT2D eigenvalue weighted by molar-refractivity contribution is 0.0737. The first-order valence-electron chi connectivity index (χ1n) is 15.1. The molecule has 2 aromatic carbocycles. The first kappa shape index (κ1) is 31.9. The Labute approximate surface area is 272 Å². The molecule has 14 heteroatoms. The normalized spacial score (nSPS) is 11.6. The summed E-state index contributed by atoms with van der Waals surface area (Å²) in [7, 11) is 0. The van der Waals surface area contributed by atoms with E-state index < -0.39 is 17.3 Å². The zero-order valence-electron chi connectivity index (χ0n) is 26.2. The van der Waals surface area contributed by atoms with Crippen LogP contribution >= 0.6 is 0 Å². The molecule has 4 heterocycles. The number of halogens is 1. The van der Waals surface area contributed by atoms with Crippen molar-refractivity contribution < 1.29 is 14.3 Å². The van der Waals surface area contributed by atoms with Crippen LogP contribution in [0.3, 0.4) is 0 Å². The fraction of sp³-hybridized carbons (Fsp3) is 0.206. The van der Waals surface area contributed by atoms with E-state index in [1.807, 2.05) is 0 Å². The van der Waals surface area contributed by atoms with E-state index in [1.165, 1.54) is 23.0 Å². The van der Waals surface area contributed by atoms with Gasteiger partial charge in [-0.3, -0.25) is 14.4 Å². The van der Waals surface area contributed by atoms with Crippen molar-refractivity contribution >= 4 is 33.7 Å². The Morgan fingerprint density at radius 3 is 2.60 bits per heavy atom. The van der Waals surface area contributed by atoms with Crippen LogP contribution in [-0.4, -0.2) is 58.6 Å². The number of H-pyrrole nitrogens is 1. The second-order valence-corrected chi connectivity index (χ2v) is 11.6. The van der Waals surface area contributed by atoms with Gasteiger partial charge in [-0.1, -0.05) is 36.4 Å². The van der Waals surface area contributed by atoms with Crippen molar-refractivity contribution in [1.29, 1.82) is 0 Å². The van der Waals surface area contributed by atoms with Gasteiger partial charge in [0.25, 0.3) is 17.0 Å². The smallest absolute Gasteiger partial charge is 0.278 e. The molecule has 4 aromatic heterocycles. The standard InChI is InChI=1S/C34H32FN9O4/c1-4-16-43-32(47)24-19-38-33(40-29(24)44(43)28-11-7-10-27(39-28)34(2,3)48)37-15-14-36-30(45)23-17-20(12-13-25(23)35)18-26-21-8-5-6-9-22(21)31(46)42-41-26/h4-13,17,19,48H,1,14-16,18H2,2-3H3,(H,36,45)(H,42,46)(H,37,38,40). The van der Waals surface area contributed by atoms with Crippen LogP contribution in [0, 0.1) is 5.82 Å². The SMILES string of the molecule is C=CCn1c(=O)c2cnc(NCCNC(=O)c3cc(Cc4n[nH]c(=O)c5ccccc45)ccc3F)nc2n1-c1cccc(C(C)(C)O)n1. The number of hydrogen-bond donors (Lipinski definition) is 4. The van der Waals surface area contributed by atoms with Gasteiger partial charge in [0.05, 0.1) is 28.9 Å². The summed E-state index contributed by atoms with van der Waals surface area (Å²) in [6.07, 6.45) is 3.26. The Bertz CT molecular complexity index is 2300. The number of allylic oxidation sites excluding steroid dienone is 1. The topological polar surface area (TPSA) is 173 Å². The zero-order valence-corrected chi connectivity index (χ0v) is 26.2. The Morgan fingerprint density at radius 1 is 1.04 bits per heavy atom. The fourth-order valence-corrected chi connectivity index (χ4v) is 5.32. The third-order valence-electron chi connectivity index (χ3n) is 7.67. The molecule has 48 heavy (non-hydrogen) atoms. The third-order valence-corrected chi connectivity index (χ3v) is 7.67. The highest BCUT2D eigenvalue weighted by molar-refractivity contribution is 5.94. The lowest BCUT2D eigenvalue weighted by Crippen LogP contribution is -2.29. The summed E-state index contributed by atoms with van der Waals surface area (Å²) in [6.45, 7) is 7.46. The van der Waals surface area contributed by atoms with Crippen molar-refractivity contribution in [2.24, 2.45) is 0 Å². The monoisotopic (exact) mass is 649 g/mol. The molecule has 0 aliphatic rings. The number of nitrogens with zero attached hydrogens (tertiary/aromatic N) is 6. The number of carbonyl (C=O) groups excluding carboxylic acids is 1. The third kappa shape index (κ3) is 6.33. The Morgan fingerprint density at radius 2 is 1.83 bits per heavy atom. The minimum absolute atomic E-state index is 0.107. The molecule has 1 amide bonds. The van der Waals surface area contributed by atoms with E-state index in [9.17, 15) is 23.9 Å². The molecule has 6 rings (SSSR count). The summed E-state index contributed by atoms with van der Waals surface area (Å²) >= 11 is 0. The van der Waals surface area contributed by atoms with Crippen LogP contribution in [0.1, 0.15) is 41.2 Å². The van der Waals surface area contributed by atoms with Crippen LogP contribution < -0.4 is 21.8 Å². The maximum absolute atomic E-state index is 14.7. The fourth-order valence-electron chi connectivity index (χ4n) is 5.32. The number of aromatic nitrogens is 7. The molecule has 0 fully saturated rings. The van der Waals surface area contributed by atoms with Gasteiger partial charge < -0.3 is 15.7 Å². The van der Waals surface area contributed by atoms with Gasteiger partial charge in [-0.15, -0.1) is 6.58 Å². The predicted octanol–water partition coefficient (Wildman–Crippen LogP) is 3.20. The maximum atomic E-state index is 14.7. The quantitative estimate of drug-likeness (QED) is 0.121. The van der Waals surface area contributed by atoms with Gasteiger partial charge in [0, 0.05) is 31.1 Å². The second-order valence-electron chi connectivity index (χ2n) is 11.6. The van der Waals surface area contributed by atoms with Gasteiger partial charge in [-0.2, -0.15) is 10.1 Å². The number of amides is 1. The number of benzene rings is 2. The van der Waals surface area contributed by atoms with Gasteiger partial charge in [-0.05, 0) is 49.7 Å². The summed E-state index contributed by atoms with van der Waals surface area (Å²) in [5.74, 6) is -0.732. The molecule has 0 radical (unpaired) electrons. The molecule has 0 saturated heterocycles. The zero-order chi connectivity index (χ0) is 34.0. The molecule has 0 aliphatic carbocycles. The molecule has 0 bridgehead atoms. The summed E-state index contributed by atoms with van der Waals surface area (Å²) in [4.78, 5) is 51.7. The lowest BCUT2D eigenvalue weighted by Gasteiger charge is -2.18. The van der Waals surface area contributed by atoms with Crippen LogP contribution in [-0.2, 0) is 18.6 Å². The highest BCUT2D eigenvalue weighted by Gasteiger charge is 2.22. The largest absolute Gasteiger partial charge is 0.384 e. The van der Waals surface area contributed by atoms with E-state index in [1.54, 1.807) is 73.1 Å². The highest BCUT2D eigenvalue weighted by atomic mass is 19.1. The van der Waals surface area contributed by atoms with Crippen LogP contribution in [0.5, 0.6) is 0 Å². The lowest BCUT2D eigenvalue weighted by atomic mass is 10.0. The molecule has 244 valence electrons. The number of hydrogen-bond acceptors (Lipinski definition) is 9. The first-order chi connectivity index (χ1) is 23.0. The van der Waals surface area contributed by atoms with Gasteiger partial charge >= 0.3 is 0 Å². The molecule has 0 unspecified atom stereocenters. The van der Waals surface area contributed by atoms with E-state index in [0.29, 0.717) is 33.5 Å². The highest BCUT2D eigenvalue weighted by Crippen LogP contribution is 2.22. The summed E-state index contributed by atoms with van der Waals surface area (Å²) < 4.78 is 17.7. The number of aromatic amines is 1. The maximum Gasteiger partial charge on any atom is 0.278 e. The molecule has 0 atom stereocenters. The number of rotatable bonds is 11. The average Bonchev–Trinajstić information content (AvgIpc) is 3.35. The average molecular weight is 650 g/mol. The Kier molecular flexibility index (Phi) is 8.65. The van der Waals surface area contributed by atoms with E-state index in [4.69, 9.17) is 0 Å². The van der Waals surface area contributed by atoms with E-state index >= 15 is 0 Å². The van der Waals surface area contributed by atoms with Crippen molar-refractivity contribution in [3.05, 3.63) is 129 Å². The molecule has 0 saturated carbocycles. The van der Waals surface area contributed by atoms with E-state index in [2.05, 4.69) is 42.4 Å². The number of aliphatic hydroxyl groups is 1. The summed E-state index contributed by atoms with van der Waals surface area (Å²) in [6, 6.07) is 16.4. The van der Waals surface area contributed by atoms with Crippen LogP contribution in [0.25, 0.3) is 27.6 Å². The first-order valence-corrected chi connectivity index (χ1v) is 15.1. The summed E-state index contributed by atoms with van der Waals surface area (Å²) in [5, 5.41) is 24.3. The van der Waals surface area contributed by atoms with Crippen molar-refractivity contribution in [1.82, 2.24) is 39.8 Å². The van der Waals surface area contributed by atoms with Gasteiger partial charge in [0.1, 0.15) is 16.8 Å². The van der Waals surface area contributed by atoms with Crippen molar-refractivity contribution in [3.63, 3.8) is 0 Å². The number of nitrogens with one attached hydrogen (secondary N) is 3. The number of fused-ring (bicyclic) bond motifs is 2. The van der Waals surface area contributed by atoms with Gasteiger partial charge in [0.15, 0.2) is 11.5 Å². The predicted molar refractivity (Wildman–Crippen MR) is 179 cm³/mol. The number of carbonyl (C=O) groups is 1. The molecule has 0 spiro atoms. The van der Waals surface area contributed by atoms with Crippen LogP contribution in [0.15, 0.2) is 89.1 Å². The van der Waals surface area contributed by atoms with Crippen molar-refractivity contribution in [2.45, 2.75) is 32.4 Å². The summed E-state index contributed by atoms with van der Waals surface area (Å²) in [5.41, 5.74) is -0.0620. The van der Waals surface area contributed by atoms with Crippen molar-refractivity contribution in [3.8, 4) is 5.82 Å². The van der Waals surface area contributed by atoms with Crippen molar-refractivity contribution in [2.75, 3.05) is 18.4 Å². The Hall–Kier alpha value is -6.02. The number of anilines is 1. The van der Waals surface area contributed by atoms with Gasteiger partial charge in [-0.25, -0.2) is 28.8 Å². The van der Waals surface area contributed by atoms with E-state index in [-0.39, 0.29) is 59.7 Å². The molecular weight excluding hydrogens is 617 g/mol. The molecule has 6 aromatic rings. The van der Waals surface area contributed by atoms with Crippen LogP contribution in [0.4, 0.5) is 10.3 Å². The minimum Gasteiger partial charge on any atom is -0.384 e. The van der Waals surface area contributed by atoms with Gasteiger partial charge in [0.2, 0.25) is 5.95 Å². The molecule has 13 nitrogen and oxygen atoms in total. The molecule has 4 N–H and O–H groups in total. The molecular formula is C34H32FN9O4. The molecule has 0 aliphatic heterocycles. The van der Waals surface area contributed by atoms with E-state index in [0.717, 1.165) is 0 Å². The second kappa shape index (κ2) is 13.0. The Balaban J connectivity index is 1.17.